The molecule has 36 heavy (non-hydrogen) atoms. The molecule has 0 aliphatic carbocycles. The summed E-state index contributed by atoms with van der Waals surface area (Å²) in [5, 5.41) is 3.41. The van der Waals surface area contributed by atoms with Gasteiger partial charge in [-0.3, -0.25) is 4.79 Å². The van der Waals surface area contributed by atoms with E-state index in [9.17, 15) is 4.79 Å². The second-order valence-electron chi connectivity index (χ2n) is 9.37. The van der Waals surface area contributed by atoms with Crippen molar-refractivity contribution in [3.8, 4) is 17.4 Å². The number of methoxy groups -OCH3 is 1. The summed E-state index contributed by atoms with van der Waals surface area (Å²) in [6, 6.07) is 19.7. The van der Waals surface area contributed by atoms with E-state index in [2.05, 4.69) is 27.3 Å². The van der Waals surface area contributed by atoms with Crippen LogP contribution in [0.2, 0.25) is 0 Å². The van der Waals surface area contributed by atoms with E-state index in [0.29, 0.717) is 25.1 Å². The Hall–Kier alpha value is -3.84. The van der Waals surface area contributed by atoms with Gasteiger partial charge in [-0.1, -0.05) is 30.3 Å². The molecule has 3 heterocycles. The van der Waals surface area contributed by atoms with E-state index in [1.54, 1.807) is 13.3 Å². The highest BCUT2D eigenvalue weighted by Gasteiger charge is 2.39. The summed E-state index contributed by atoms with van der Waals surface area (Å²) in [5.74, 6) is 1.92. The van der Waals surface area contributed by atoms with Crippen molar-refractivity contribution in [3.63, 3.8) is 0 Å². The van der Waals surface area contributed by atoms with E-state index < -0.39 is 5.54 Å². The Morgan fingerprint density at radius 2 is 1.94 bits per heavy atom. The first-order chi connectivity index (χ1) is 17.6. The van der Waals surface area contributed by atoms with E-state index in [1.165, 1.54) is 5.57 Å². The standard InChI is InChI=1S/C29H32N4O3/c1-35-25-12-5-13-26-24(25)20-21(23-11-6-16-31-27(23)36-26)8-7-17-33-18-14-29(15-19-33,28(30)34)32-22-9-3-2-4-10-22/h2-6,8-13,16,32H,7,14-15,17-20H2,1H3,(H2,30,34). The zero-order valence-electron chi connectivity index (χ0n) is 20.6. The molecular formula is C29H32N4O3. The first kappa shape index (κ1) is 23.9. The maximum absolute atomic E-state index is 12.4. The highest BCUT2D eigenvalue weighted by molar-refractivity contribution is 5.88. The number of anilines is 1. The van der Waals surface area contributed by atoms with Crippen LogP contribution in [-0.2, 0) is 11.2 Å². The number of allylic oxidation sites excluding steroid dienone is 1. The van der Waals surface area contributed by atoms with Gasteiger partial charge in [0.1, 0.15) is 17.0 Å². The van der Waals surface area contributed by atoms with Crippen LogP contribution >= 0.6 is 0 Å². The van der Waals surface area contributed by atoms with Gasteiger partial charge in [0.05, 0.1) is 7.11 Å². The number of pyridine rings is 1. The van der Waals surface area contributed by atoms with E-state index in [-0.39, 0.29) is 5.91 Å². The number of likely N-dealkylation sites (tertiary alicyclic amines) is 1. The minimum Gasteiger partial charge on any atom is -0.496 e. The minimum atomic E-state index is -0.709. The number of aromatic nitrogens is 1. The zero-order valence-corrected chi connectivity index (χ0v) is 20.6. The van der Waals surface area contributed by atoms with Gasteiger partial charge in [0.15, 0.2) is 0 Å². The summed E-state index contributed by atoms with van der Waals surface area (Å²) in [4.78, 5) is 19.3. The van der Waals surface area contributed by atoms with E-state index in [0.717, 1.165) is 54.4 Å². The summed E-state index contributed by atoms with van der Waals surface area (Å²) in [6.07, 6.45) is 6.99. The van der Waals surface area contributed by atoms with Gasteiger partial charge in [0, 0.05) is 49.1 Å². The summed E-state index contributed by atoms with van der Waals surface area (Å²) >= 11 is 0. The molecule has 186 valence electrons. The third-order valence-electron chi connectivity index (χ3n) is 7.18. The molecule has 2 aliphatic heterocycles. The highest BCUT2D eigenvalue weighted by Crippen LogP contribution is 2.41. The molecule has 5 rings (SSSR count). The molecule has 3 N–H and O–H groups in total. The maximum atomic E-state index is 12.4. The van der Waals surface area contributed by atoms with Crippen molar-refractivity contribution in [3.05, 3.63) is 84.1 Å². The lowest BCUT2D eigenvalue weighted by molar-refractivity contribution is -0.123. The third kappa shape index (κ3) is 4.93. The molecule has 3 aromatic rings. The SMILES string of the molecule is COc1cccc2c1CC(=CCCN1CCC(Nc3ccccc3)(C(N)=O)CC1)c1cccnc1O2. The number of fused-ring (bicyclic) bond motifs is 2. The molecule has 0 radical (unpaired) electrons. The molecule has 0 saturated carbocycles. The number of nitrogens with two attached hydrogens (primary N) is 1. The topological polar surface area (TPSA) is 89.7 Å². The average Bonchev–Trinajstić information content (AvgIpc) is 3.06. The Labute approximate surface area is 211 Å². The Bertz CT molecular complexity index is 1250. The van der Waals surface area contributed by atoms with Gasteiger partial charge in [-0.2, -0.15) is 0 Å². The average molecular weight is 485 g/mol. The van der Waals surface area contributed by atoms with Crippen LogP contribution in [0, 0.1) is 0 Å². The number of nitrogens with one attached hydrogen (secondary N) is 1. The molecule has 0 spiro atoms. The van der Waals surface area contributed by atoms with Gasteiger partial charge >= 0.3 is 0 Å². The van der Waals surface area contributed by atoms with Crippen molar-refractivity contribution in [1.29, 1.82) is 0 Å². The Kier molecular flexibility index (Phi) is 6.91. The van der Waals surface area contributed by atoms with Crippen LogP contribution < -0.4 is 20.5 Å². The number of hydrogen-bond acceptors (Lipinski definition) is 6. The second-order valence-corrected chi connectivity index (χ2v) is 9.37. The monoisotopic (exact) mass is 484 g/mol. The predicted octanol–water partition coefficient (Wildman–Crippen LogP) is 4.64. The van der Waals surface area contributed by atoms with E-state index >= 15 is 0 Å². The van der Waals surface area contributed by atoms with E-state index in [1.807, 2.05) is 54.6 Å². The van der Waals surface area contributed by atoms with Crippen molar-refractivity contribution in [2.45, 2.75) is 31.2 Å². The van der Waals surface area contributed by atoms with Crippen molar-refractivity contribution in [1.82, 2.24) is 9.88 Å². The first-order valence-corrected chi connectivity index (χ1v) is 12.4. The van der Waals surface area contributed by atoms with Crippen LogP contribution in [0.5, 0.6) is 17.4 Å². The van der Waals surface area contributed by atoms with Crippen LogP contribution in [0.25, 0.3) is 5.57 Å². The molecule has 1 saturated heterocycles. The molecule has 2 aliphatic rings. The smallest absolute Gasteiger partial charge is 0.243 e. The van der Waals surface area contributed by atoms with Crippen LogP contribution in [-0.4, -0.2) is 48.1 Å². The van der Waals surface area contributed by atoms with Gasteiger partial charge in [0.2, 0.25) is 11.8 Å². The number of carbonyl (C=O) groups excluding carboxylic acids is 1. The fraction of sp³-hybridized carbons (Fsp3) is 0.310. The Morgan fingerprint density at radius 1 is 1.14 bits per heavy atom. The summed E-state index contributed by atoms with van der Waals surface area (Å²) in [7, 11) is 1.68. The van der Waals surface area contributed by atoms with Crippen LogP contribution in [0.3, 0.4) is 0 Å². The van der Waals surface area contributed by atoms with Gasteiger partial charge in [-0.05, 0) is 61.2 Å². The lowest BCUT2D eigenvalue weighted by Crippen LogP contribution is -2.57. The lowest BCUT2D eigenvalue weighted by Gasteiger charge is -2.40. The van der Waals surface area contributed by atoms with Gasteiger partial charge < -0.3 is 25.4 Å². The number of ether oxygens (including phenoxy) is 2. The van der Waals surface area contributed by atoms with Crippen molar-refractivity contribution in [2.24, 2.45) is 5.73 Å². The van der Waals surface area contributed by atoms with Gasteiger partial charge in [-0.15, -0.1) is 0 Å². The van der Waals surface area contributed by atoms with Crippen molar-refractivity contribution in [2.75, 3.05) is 32.1 Å². The molecule has 2 aromatic carbocycles. The quantitative estimate of drug-likeness (QED) is 0.508. The number of primary amides is 1. The number of carbonyl (C=O) groups is 1. The molecule has 0 bridgehead atoms. The largest absolute Gasteiger partial charge is 0.496 e. The van der Waals surface area contributed by atoms with Crippen molar-refractivity contribution < 1.29 is 14.3 Å². The number of rotatable bonds is 7. The minimum absolute atomic E-state index is 0.289. The normalized spacial score (nSPS) is 17.9. The summed E-state index contributed by atoms with van der Waals surface area (Å²) < 4.78 is 11.8. The molecule has 7 heteroatoms. The fourth-order valence-electron chi connectivity index (χ4n) is 5.11. The van der Waals surface area contributed by atoms with Crippen LogP contribution in [0.1, 0.15) is 30.4 Å². The Balaban J connectivity index is 1.28. The molecule has 7 nitrogen and oxygen atoms in total. The molecule has 1 fully saturated rings. The summed E-state index contributed by atoms with van der Waals surface area (Å²) in [6.45, 7) is 2.52. The van der Waals surface area contributed by atoms with Crippen LogP contribution in [0.4, 0.5) is 5.69 Å². The Morgan fingerprint density at radius 3 is 2.69 bits per heavy atom. The summed E-state index contributed by atoms with van der Waals surface area (Å²) in [5.41, 5.74) is 9.29. The number of amides is 1. The van der Waals surface area contributed by atoms with Gasteiger partial charge in [-0.25, -0.2) is 4.98 Å². The molecule has 1 aromatic heterocycles. The predicted molar refractivity (Wildman–Crippen MR) is 141 cm³/mol. The van der Waals surface area contributed by atoms with Crippen molar-refractivity contribution >= 4 is 17.2 Å². The van der Waals surface area contributed by atoms with E-state index in [4.69, 9.17) is 15.2 Å². The van der Waals surface area contributed by atoms with Crippen LogP contribution in [0.15, 0.2) is 72.9 Å². The number of piperidine rings is 1. The first-order valence-electron chi connectivity index (χ1n) is 12.4. The molecule has 1 amide bonds. The molecule has 0 atom stereocenters. The molecular weight excluding hydrogens is 452 g/mol. The number of benzene rings is 2. The second kappa shape index (κ2) is 10.4. The third-order valence-corrected chi connectivity index (χ3v) is 7.18. The number of nitrogens with zero attached hydrogens (tertiary/aromatic N) is 2. The number of para-hydroxylation sites is 1. The fourth-order valence-corrected chi connectivity index (χ4v) is 5.11. The highest BCUT2D eigenvalue weighted by atomic mass is 16.5. The maximum Gasteiger partial charge on any atom is 0.243 e. The zero-order chi connectivity index (χ0) is 25.0. The number of hydrogen-bond donors (Lipinski definition) is 2. The lowest BCUT2D eigenvalue weighted by atomic mass is 9.86. The van der Waals surface area contributed by atoms with Gasteiger partial charge in [0.25, 0.3) is 0 Å². The molecule has 0 unspecified atom stereocenters.